The van der Waals surface area contributed by atoms with Gasteiger partial charge in [-0.25, -0.2) is 0 Å². The van der Waals surface area contributed by atoms with Crippen molar-refractivity contribution in [1.29, 1.82) is 0 Å². The first-order chi connectivity index (χ1) is 6.79. The number of carbonyl (C=O) groups excluding carboxylic acids is 1. The second kappa shape index (κ2) is 4.18. The number of carbonyl (C=O) groups is 1. The average Bonchev–Trinajstić information content (AvgIpc) is 2.41. The zero-order chi connectivity index (χ0) is 11.8. The highest BCUT2D eigenvalue weighted by molar-refractivity contribution is 6.68. The lowest BCUT2D eigenvalue weighted by Gasteiger charge is -2.16. The minimum atomic E-state index is -0.512. The molecule has 0 N–H and O–H groups in total. The summed E-state index contributed by atoms with van der Waals surface area (Å²) < 4.78 is 5.57. The Morgan fingerprint density at radius 1 is 1.40 bits per heavy atom. The van der Waals surface area contributed by atoms with E-state index in [1.807, 2.05) is 20.8 Å². The summed E-state index contributed by atoms with van der Waals surface area (Å²) in [5.74, 6) is 1.51. The molecule has 2 nitrogen and oxygen atoms in total. The molecule has 1 aromatic rings. The molecule has 0 bridgehead atoms. The van der Waals surface area contributed by atoms with Crippen molar-refractivity contribution < 1.29 is 9.21 Å². The number of halogens is 2. The molecule has 84 valence electrons. The lowest BCUT2D eigenvalue weighted by Crippen LogP contribution is -2.12. The van der Waals surface area contributed by atoms with E-state index < -0.39 is 5.24 Å². The molecule has 15 heavy (non-hydrogen) atoms. The summed E-state index contributed by atoms with van der Waals surface area (Å²) in [4.78, 5) is 11.2. The molecule has 0 aliphatic heterocycles. The quantitative estimate of drug-likeness (QED) is 0.585. The molecule has 0 aliphatic rings. The maximum atomic E-state index is 11.2. The molecule has 0 amide bonds. The van der Waals surface area contributed by atoms with Crippen molar-refractivity contribution in [2.75, 3.05) is 0 Å². The number of alkyl halides is 1. The molecule has 0 fully saturated rings. The summed E-state index contributed by atoms with van der Waals surface area (Å²) in [6.07, 6.45) is 0. The number of hydrogen-bond donors (Lipinski definition) is 0. The van der Waals surface area contributed by atoms with E-state index in [-0.39, 0.29) is 11.3 Å². The molecule has 0 aromatic carbocycles. The topological polar surface area (TPSA) is 30.2 Å². The van der Waals surface area contributed by atoms with Crippen molar-refractivity contribution in [3.05, 3.63) is 22.6 Å². The minimum absolute atomic E-state index is 0.181. The van der Waals surface area contributed by atoms with Crippen LogP contribution in [0.15, 0.2) is 4.42 Å². The van der Waals surface area contributed by atoms with Gasteiger partial charge in [0.2, 0.25) is 0 Å². The van der Waals surface area contributed by atoms with Gasteiger partial charge in [0.15, 0.2) is 0 Å². The fraction of sp³-hybridized carbons (Fsp3) is 0.545. The molecule has 1 heterocycles. The lowest BCUT2D eigenvalue weighted by atomic mass is 9.90. The van der Waals surface area contributed by atoms with Crippen LogP contribution in [0.3, 0.4) is 0 Å². The Morgan fingerprint density at radius 2 is 1.93 bits per heavy atom. The van der Waals surface area contributed by atoms with Crippen molar-refractivity contribution in [2.24, 2.45) is 0 Å². The van der Waals surface area contributed by atoms with Gasteiger partial charge in [0.1, 0.15) is 11.5 Å². The van der Waals surface area contributed by atoms with Crippen LogP contribution in [-0.2, 0) is 11.3 Å². The van der Waals surface area contributed by atoms with Gasteiger partial charge in [-0.05, 0) is 18.5 Å². The lowest BCUT2D eigenvalue weighted by molar-refractivity contribution is 0.107. The number of hydrogen-bond acceptors (Lipinski definition) is 2. The zero-order valence-corrected chi connectivity index (χ0v) is 10.8. The van der Waals surface area contributed by atoms with E-state index in [9.17, 15) is 4.79 Å². The molecule has 4 heteroatoms. The third-order valence-electron chi connectivity index (χ3n) is 2.19. The Morgan fingerprint density at radius 3 is 2.27 bits per heavy atom. The van der Waals surface area contributed by atoms with Crippen LogP contribution >= 0.6 is 23.2 Å². The summed E-state index contributed by atoms with van der Waals surface area (Å²) in [6, 6.07) is 0. The van der Waals surface area contributed by atoms with Crippen molar-refractivity contribution in [3.8, 4) is 0 Å². The van der Waals surface area contributed by atoms with Gasteiger partial charge in [-0.15, -0.1) is 11.6 Å². The van der Waals surface area contributed by atoms with Gasteiger partial charge in [0.25, 0.3) is 5.24 Å². The van der Waals surface area contributed by atoms with Crippen LogP contribution in [0.2, 0.25) is 0 Å². The van der Waals surface area contributed by atoms with Gasteiger partial charge in [0.05, 0.1) is 11.4 Å². The molecular formula is C11H14Cl2O2. The number of aryl methyl sites for hydroxylation is 1. The maximum Gasteiger partial charge on any atom is 0.256 e. The first kappa shape index (κ1) is 12.6. The third-order valence-corrected chi connectivity index (χ3v) is 2.65. The molecule has 0 atom stereocenters. The second-order valence-electron chi connectivity index (χ2n) is 4.50. The molecule has 1 aromatic heterocycles. The smallest absolute Gasteiger partial charge is 0.256 e. The first-order valence-electron chi connectivity index (χ1n) is 4.67. The molecule has 0 spiro atoms. The van der Waals surface area contributed by atoms with Gasteiger partial charge in [-0.2, -0.15) is 0 Å². The van der Waals surface area contributed by atoms with Gasteiger partial charge < -0.3 is 4.42 Å². The van der Waals surface area contributed by atoms with Crippen molar-refractivity contribution in [1.82, 2.24) is 0 Å². The van der Waals surface area contributed by atoms with Crippen molar-refractivity contribution >= 4 is 28.4 Å². The van der Waals surface area contributed by atoms with Crippen molar-refractivity contribution in [2.45, 2.75) is 39.0 Å². The second-order valence-corrected chi connectivity index (χ2v) is 5.11. The van der Waals surface area contributed by atoms with E-state index in [4.69, 9.17) is 27.6 Å². The molecule has 0 unspecified atom stereocenters. The highest BCUT2D eigenvalue weighted by Crippen LogP contribution is 2.34. The molecule has 0 saturated heterocycles. The third kappa shape index (κ3) is 2.37. The average molecular weight is 249 g/mol. The van der Waals surface area contributed by atoms with Crippen molar-refractivity contribution in [3.63, 3.8) is 0 Å². The van der Waals surface area contributed by atoms with Gasteiger partial charge in [0, 0.05) is 11.0 Å². The largest absolute Gasteiger partial charge is 0.465 e. The highest BCUT2D eigenvalue weighted by Gasteiger charge is 2.28. The van der Waals surface area contributed by atoms with E-state index in [0.29, 0.717) is 16.9 Å². The Hall–Kier alpha value is -0.470. The summed E-state index contributed by atoms with van der Waals surface area (Å²) >= 11 is 11.3. The van der Waals surface area contributed by atoms with Crippen LogP contribution in [-0.4, -0.2) is 5.24 Å². The fourth-order valence-corrected chi connectivity index (χ4v) is 2.08. The summed E-state index contributed by atoms with van der Waals surface area (Å²) in [6.45, 7) is 7.73. The van der Waals surface area contributed by atoms with Crippen LogP contribution < -0.4 is 0 Å². The van der Waals surface area contributed by atoms with E-state index in [0.717, 1.165) is 5.76 Å². The molecule has 0 aliphatic carbocycles. The highest BCUT2D eigenvalue weighted by atomic mass is 35.5. The van der Waals surface area contributed by atoms with E-state index >= 15 is 0 Å². The number of furan rings is 1. The monoisotopic (exact) mass is 248 g/mol. The van der Waals surface area contributed by atoms with E-state index in [1.54, 1.807) is 6.92 Å². The molecular weight excluding hydrogens is 235 g/mol. The molecule has 0 saturated carbocycles. The summed E-state index contributed by atoms with van der Waals surface area (Å²) in [5.41, 5.74) is 0.942. The predicted octanol–water partition coefficient (Wildman–Crippen LogP) is 4.00. The minimum Gasteiger partial charge on any atom is -0.465 e. The molecule has 1 rings (SSSR count). The van der Waals surface area contributed by atoms with Crippen LogP contribution in [0.4, 0.5) is 0 Å². The number of rotatable bonds is 2. The Kier molecular flexibility index (Phi) is 3.51. The Bertz CT molecular complexity index is 386. The summed E-state index contributed by atoms with van der Waals surface area (Å²) in [5, 5.41) is -0.512. The van der Waals surface area contributed by atoms with Crippen LogP contribution in [0.1, 0.15) is 48.2 Å². The molecule has 0 radical (unpaired) electrons. The zero-order valence-electron chi connectivity index (χ0n) is 9.28. The normalized spacial score (nSPS) is 11.9. The van der Waals surface area contributed by atoms with Crippen LogP contribution in [0, 0.1) is 6.92 Å². The predicted molar refractivity (Wildman–Crippen MR) is 61.9 cm³/mol. The first-order valence-corrected chi connectivity index (χ1v) is 5.58. The fourth-order valence-electron chi connectivity index (χ4n) is 1.58. The van der Waals surface area contributed by atoms with Gasteiger partial charge in [-0.3, -0.25) is 4.79 Å². The standard InChI is InChI=1S/C11H14Cl2O2/c1-6-8(10(13)14)7(5-12)9(15-6)11(2,3)4/h5H2,1-4H3. The van der Waals surface area contributed by atoms with E-state index in [1.165, 1.54) is 0 Å². The van der Waals surface area contributed by atoms with Crippen LogP contribution in [0.25, 0.3) is 0 Å². The Labute approximate surface area is 99.5 Å². The van der Waals surface area contributed by atoms with Gasteiger partial charge in [-0.1, -0.05) is 20.8 Å². The van der Waals surface area contributed by atoms with Gasteiger partial charge >= 0.3 is 0 Å². The SMILES string of the molecule is Cc1oc(C(C)(C)C)c(CCl)c1C(=O)Cl. The summed E-state index contributed by atoms with van der Waals surface area (Å²) in [7, 11) is 0. The van der Waals surface area contributed by atoms with E-state index in [2.05, 4.69) is 0 Å². The Balaban J connectivity index is 3.45. The van der Waals surface area contributed by atoms with Crippen LogP contribution in [0.5, 0.6) is 0 Å². The maximum absolute atomic E-state index is 11.2.